The van der Waals surface area contributed by atoms with Crippen molar-refractivity contribution in [3.63, 3.8) is 0 Å². The number of nitrogen functional groups attached to an aromatic ring is 1. The summed E-state index contributed by atoms with van der Waals surface area (Å²) < 4.78 is 37.3. The van der Waals surface area contributed by atoms with Gasteiger partial charge in [-0.25, -0.2) is 4.98 Å². The molecule has 1 fully saturated rings. The Bertz CT molecular complexity index is 770. The van der Waals surface area contributed by atoms with E-state index in [1.807, 2.05) is 10.7 Å². The van der Waals surface area contributed by atoms with Gasteiger partial charge in [0.15, 0.2) is 11.6 Å². The molecule has 7 nitrogen and oxygen atoms in total. The fourth-order valence-corrected chi connectivity index (χ4v) is 3.29. The fraction of sp³-hybridized carbons (Fsp3) is 0.467. The Morgan fingerprint density at radius 2 is 2.28 bits per heavy atom. The number of nitrogens with zero attached hydrogens (tertiary/aromatic N) is 3. The van der Waals surface area contributed by atoms with Gasteiger partial charge in [-0.15, -0.1) is 0 Å². The highest BCUT2D eigenvalue weighted by molar-refractivity contribution is 5.64. The van der Waals surface area contributed by atoms with Gasteiger partial charge in [0.1, 0.15) is 5.60 Å². The molecule has 3 N–H and O–H groups in total. The minimum Gasteiger partial charge on any atom is -1.00 e. The molecule has 10 heteroatoms. The first-order valence-electron chi connectivity index (χ1n) is 7.71. The third-order valence-electron chi connectivity index (χ3n) is 4.44. The highest BCUT2D eigenvalue weighted by atomic mass is 35.5. The Morgan fingerprint density at radius 3 is 3.00 bits per heavy atom. The summed E-state index contributed by atoms with van der Waals surface area (Å²) in [4.78, 5) is 3.93. The third kappa shape index (κ3) is 3.14. The molecule has 25 heavy (non-hydrogen) atoms. The van der Waals surface area contributed by atoms with Crippen LogP contribution < -0.4 is 28.2 Å². The van der Waals surface area contributed by atoms with E-state index < -0.39 is 6.61 Å². The fourth-order valence-electron chi connectivity index (χ4n) is 3.29. The standard InChI is InChI=1S/C15H17F2N5O2.ClH/c16-14(17)24-11-5-9(7-20-13(11)18)10-6-12-15(1-2-19-8-15)23-4-3-22(12)21-10;/h5-7,14,19H,1-4,8H2,(H2,18,20);1H. The van der Waals surface area contributed by atoms with E-state index in [0.717, 1.165) is 25.2 Å². The van der Waals surface area contributed by atoms with Crippen LogP contribution in [0.3, 0.4) is 0 Å². The van der Waals surface area contributed by atoms with E-state index in [1.54, 1.807) is 0 Å². The lowest BCUT2D eigenvalue weighted by Crippen LogP contribution is -3.00. The molecule has 2 aliphatic rings. The first-order chi connectivity index (χ1) is 11.6. The van der Waals surface area contributed by atoms with Crippen molar-refractivity contribution in [1.82, 2.24) is 20.1 Å². The number of alkyl halides is 2. The number of hydrogen-bond donors (Lipinski definition) is 2. The van der Waals surface area contributed by atoms with E-state index in [2.05, 4.69) is 20.1 Å². The van der Waals surface area contributed by atoms with Gasteiger partial charge in [0, 0.05) is 18.3 Å². The van der Waals surface area contributed by atoms with Crippen LogP contribution >= 0.6 is 0 Å². The molecule has 1 atom stereocenters. The van der Waals surface area contributed by atoms with E-state index in [1.165, 1.54) is 12.3 Å². The molecular formula is C15H18ClF2N5O2. The molecule has 0 aromatic carbocycles. The van der Waals surface area contributed by atoms with Crippen molar-refractivity contribution in [3.05, 3.63) is 24.0 Å². The number of aromatic nitrogens is 3. The number of nitrogens with two attached hydrogens (primary N) is 1. The summed E-state index contributed by atoms with van der Waals surface area (Å²) in [6, 6.07) is 3.36. The zero-order chi connectivity index (χ0) is 16.7. The molecule has 2 aliphatic heterocycles. The highest BCUT2D eigenvalue weighted by Crippen LogP contribution is 2.37. The van der Waals surface area contributed by atoms with Gasteiger partial charge in [0.25, 0.3) is 0 Å². The number of fused-ring (bicyclic) bond motifs is 2. The molecule has 2 aromatic rings. The van der Waals surface area contributed by atoms with Gasteiger partial charge in [-0.3, -0.25) is 4.68 Å². The van der Waals surface area contributed by atoms with E-state index in [0.29, 0.717) is 24.4 Å². The maximum Gasteiger partial charge on any atom is 1.00 e. The molecule has 1 saturated heterocycles. The predicted molar refractivity (Wildman–Crippen MR) is 82.7 cm³/mol. The second-order valence-corrected chi connectivity index (χ2v) is 5.89. The van der Waals surface area contributed by atoms with Crippen molar-refractivity contribution in [1.29, 1.82) is 0 Å². The molecule has 4 heterocycles. The summed E-state index contributed by atoms with van der Waals surface area (Å²) in [5.41, 5.74) is 7.41. The smallest absolute Gasteiger partial charge is 1.00 e. The average Bonchev–Trinajstić information content (AvgIpc) is 3.18. The lowest BCUT2D eigenvalue weighted by molar-refractivity contribution is -0.0657. The van der Waals surface area contributed by atoms with Gasteiger partial charge in [0.05, 0.1) is 24.5 Å². The van der Waals surface area contributed by atoms with Crippen molar-refractivity contribution < 1.29 is 32.1 Å². The SMILES string of the molecule is Nc1ncc(-c2cc3n(n2)CCOC32CCNC2)cc1OC(F)F.[Cl-].[H+]. The number of nitrogens with one attached hydrogen (secondary N) is 1. The van der Waals surface area contributed by atoms with Crippen molar-refractivity contribution in [3.8, 4) is 17.0 Å². The van der Waals surface area contributed by atoms with Crippen LogP contribution in [0.15, 0.2) is 18.3 Å². The topological polar surface area (TPSA) is 87.2 Å². The van der Waals surface area contributed by atoms with Crippen LogP contribution in [-0.4, -0.2) is 41.1 Å². The van der Waals surface area contributed by atoms with Gasteiger partial charge < -0.3 is 32.9 Å². The Labute approximate surface area is 150 Å². The summed E-state index contributed by atoms with van der Waals surface area (Å²) in [5.74, 6) is -0.232. The van der Waals surface area contributed by atoms with Gasteiger partial charge in [-0.2, -0.15) is 13.9 Å². The second-order valence-electron chi connectivity index (χ2n) is 5.89. The number of rotatable bonds is 3. The molecule has 136 valence electrons. The van der Waals surface area contributed by atoms with Crippen LogP contribution in [0.1, 0.15) is 13.5 Å². The molecule has 4 rings (SSSR count). The summed E-state index contributed by atoms with van der Waals surface area (Å²) >= 11 is 0. The highest BCUT2D eigenvalue weighted by Gasteiger charge is 2.42. The minimum absolute atomic E-state index is 0. The van der Waals surface area contributed by atoms with Crippen molar-refractivity contribution in [2.75, 3.05) is 25.4 Å². The molecule has 1 spiro atoms. The van der Waals surface area contributed by atoms with Crippen molar-refractivity contribution in [2.24, 2.45) is 0 Å². The Hall–Kier alpha value is -1.97. The normalized spacial score (nSPS) is 22.0. The second kappa shape index (κ2) is 6.74. The molecule has 2 aromatic heterocycles. The van der Waals surface area contributed by atoms with Crippen LogP contribution in [0.5, 0.6) is 5.75 Å². The lowest BCUT2D eigenvalue weighted by Gasteiger charge is -2.33. The van der Waals surface area contributed by atoms with E-state index in [-0.39, 0.29) is 31.0 Å². The summed E-state index contributed by atoms with van der Waals surface area (Å²) in [5, 5.41) is 7.89. The van der Waals surface area contributed by atoms with Gasteiger partial charge in [-0.1, -0.05) is 0 Å². The van der Waals surface area contributed by atoms with Crippen LogP contribution in [0, 0.1) is 0 Å². The number of anilines is 1. The number of ether oxygens (including phenoxy) is 2. The molecule has 0 bridgehead atoms. The lowest BCUT2D eigenvalue weighted by atomic mass is 9.96. The van der Waals surface area contributed by atoms with Gasteiger partial charge in [0.2, 0.25) is 0 Å². The van der Waals surface area contributed by atoms with E-state index in [9.17, 15) is 8.78 Å². The van der Waals surface area contributed by atoms with E-state index in [4.69, 9.17) is 10.5 Å². The summed E-state index contributed by atoms with van der Waals surface area (Å²) in [7, 11) is 0. The average molecular weight is 374 g/mol. The van der Waals surface area contributed by atoms with Crippen molar-refractivity contribution >= 4 is 5.82 Å². The molecule has 0 saturated carbocycles. The maximum absolute atomic E-state index is 12.5. The monoisotopic (exact) mass is 373 g/mol. The van der Waals surface area contributed by atoms with E-state index >= 15 is 0 Å². The Balaban J connectivity index is 0.00000121. The Morgan fingerprint density at radius 1 is 1.44 bits per heavy atom. The van der Waals surface area contributed by atoms with Crippen LogP contribution in [0.25, 0.3) is 11.3 Å². The number of hydrogen-bond acceptors (Lipinski definition) is 6. The molecular weight excluding hydrogens is 356 g/mol. The first-order valence-corrected chi connectivity index (χ1v) is 7.71. The summed E-state index contributed by atoms with van der Waals surface area (Å²) in [6.07, 6.45) is 2.38. The quantitative estimate of drug-likeness (QED) is 0.678. The molecule has 0 aliphatic carbocycles. The molecule has 1 unspecified atom stereocenters. The first kappa shape index (κ1) is 17.8. The molecule has 0 amide bonds. The van der Waals surface area contributed by atoms with Gasteiger partial charge in [-0.05, 0) is 25.1 Å². The maximum atomic E-state index is 12.5. The number of pyridine rings is 1. The zero-order valence-corrected chi connectivity index (χ0v) is 14.0. The summed E-state index contributed by atoms with van der Waals surface area (Å²) in [6.45, 7) is -0.0929. The van der Waals surface area contributed by atoms with Crippen molar-refractivity contribution in [2.45, 2.75) is 25.2 Å². The largest absolute Gasteiger partial charge is 1.00 e. The van der Waals surface area contributed by atoms with Crippen LogP contribution in [0.4, 0.5) is 14.6 Å². The minimum atomic E-state index is -2.96. The number of halogens is 3. The van der Waals surface area contributed by atoms with Crippen LogP contribution in [0.2, 0.25) is 0 Å². The third-order valence-corrected chi connectivity index (χ3v) is 4.44. The predicted octanol–water partition coefficient (Wildman–Crippen LogP) is -1.54. The Kier molecular flexibility index (Phi) is 4.81. The zero-order valence-electron chi connectivity index (χ0n) is 14.2. The van der Waals surface area contributed by atoms with Gasteiger partial charge >= 0.3 is 8.04 Å². The van der Waals surface area contributed by atoms with Crippen LogP contribution in [-0.2, 0) is 16.9 Å². The molecule has 0 radical (unpaired) electrons.